The number of carboxylic acids is 1. The third-order valence-electron chi connectivity index (χ3n) is 3.91. The first-order chi connectivity index (χ1) is 8.63. The van der Waals surface area contributed by atoms with Crippen LogP contribution in [0.25, 0.3) is 0 Å². The third kappa shape index (κ3) is 1.31. The van der Waals surface area contributed by atoms with Crippen LogP contribution in [0.3, 0.4) is 0 Å². The lowest BCUT2D eigenvalue weighted by atomic mass is 10.2. The van der Waals surface area contributed by atoms with Gasteiger partial charge in [-0.3, -0.25) is 4.79 Å². The zero-order valence-corrected chi connectivity index (χ0v) is 11.8. The highest BCUT2D eigenvalue weighted by Gasteiger charge is 2.66. The van der Waals surface area contributed by atoms with Crippen LogP contribution in [0.2, 0.25) is 5.15 Å². The van der Waals surface area contributed by atoms with Gasteiger partial charge in [-0.1, -0.05) is 11.6 Å². The summed E-state index contributed by atoms with van der Waals surface area (Å²) in [4.78, 5) is 10.8. The van der Waals surface area contributed by atoms with Gasteiger partial charge in [0.15, 0.2) is 0 Å². The number of aromatic nitrogens is 2. The van der Waals surface area contributed by atoms with Gasteiger partial charge in [0.25, 0.3) is 0 Å². The molecule has 1 saturated heterocycles. The summed E-state index contributed by atoms with van der Waals surface area (Å²) < 4.78 is 1.53. The Kier molecular flexibility index (Phi) is 2.31. The molecule has 0 amide bonds. The lowest BCUT2D eigenvalue weighted by Gasteiger charge is -2.22. The largest absolute Gasteiger partial charge is 0.480 e. The van der Waals surface area contributed by atoms with Crippen molar-refractivity contribution in [3.8, 4) is 0 Å². The lowest BCUT2D eigenvalue weighted by Crippen LogP contribution is -2.18. The molecule has 4 rings (SSSR count). The molecule has 1 aromatic heterocycles. The van der Waals surface area contributed by atoms with Gasteiger partial charge in [-0.05, 0) is 18.3 Å². The van der Waals surface area contributed by atoms with Crippen molar-refractivity contribution in [1.82, 2.24) is 9.78 Å². The highest BCUT2D eigenvalue weighted by molar-refractivity contribution is 8.20. The van der Waals surface area contributed by atoms with Crippen LogP contribution in [-0.2, 0) is 15.4 Å². The van der Waals surface area contributed by atoms with E-state index in [2.05, 4.69) is 5.10 Å². The molecule has 96 valence electrons. The van der Waals surface area contributed by atoms with Crippen LogP contribution < -0.4 is 0 Å². The molecule has 2 aliphatic carbocycles. The Bertz CT molecular complexity index is 553. The van der Waals surface area contributed by atoms with Crippen molar-refractivity contribution in [3.63, 3.8) is 0 Å². The van der Waals surface area contributed by atoms with Crippen molar-refractivity contribution in [2.75, 3.05) is 11.5 Å². The van der Waals surface area contributed by atoms with Crippen molar-refractivity contribution in [1.29, 1.82) is 0 Å². The van der Waals surface area contributed by atoms with E-state index in [-0.39, 0.29) is 10.6 Å². The minimum absolute atomic E-state index is 0.0768. The van der Waals surface area contributed by atoms with Crippen molar-refractivity contribution in [2.24, 2.45) is 5.92 Å². The number of carboxylic acid groups (broad SMARTS) is 1. The fourth-order valence-corrected chi connectivity index (χ4v) is 7.12. The average Bonchev–Trinajstić information content (AvgIpc) is 2.74. The monoisotopic (exact) mass is 302 g/mol. The Hall–Kier alpha value is -0.330. The van der Waals surface area contributed by atoms with Gasteiger partial charge in [0, 0.05) is 17.1 Å². The minimum Gasteiger partial charge on any atom is -0.480 e. The molecule has 2 heterocycles. The highest BCUT2D eigenvalue weighted by atomic mass is 35.5. The second kappa shape index (κ2) is 3.61. The molecule has 1 saturated carbocycles. The van der Waals surface area contributed by atoms with E-state index in [1.807, 2.05) is 23.5 Å². The van der Waals surface area contributed by atoms with E-state index in [4.69, 9.17) is 16.7 Å². The maximum Gasteiger partial charge on any atom is 0.325 e. The molecule has 4 nitrogen and oxygen atoms in total. The van der Waals surface area contributed by atoms with Crippen molar-refractivity contribution in [3.05, 3.63) is 16.4 Å². The Balaban J connectivity index is 1.83. The van der Waals surface area contributed by atoms with E-state index < -0.39 is 5.97 Å². The number of nitrogens with zero attached hydrogens (tertiary/aromatic N) is 2. The first kappa shape index (κ1) is 11.5. The number of halogens is 1. The summed E-state index contributed by atoms with van der Waals surface area (Å²) in [5, 5.41) is 13.9. The molecule has 1 unspecified atom stereocenters. The molecular weight excluding hydrogens is 292 g/mol. The number of thioether (sulfide) groups is 2. The number of carbonyl (C=O) groups is 1. The van der Waals surface area contributed by atoms with Gasteiger partial charge in [-0.2, -0.15) is 5.10 Å². The van der Waals surface area contributed by atoms with Crippen LogP contribution in [0.15, 0.2) is 0 Å². The van der Waals surface area contributed by atoms with Crippen LogP contribution in [0, 0.1) is 5.92 Å². The fourth-order valence-electron chi connectivity index (χ4n) is 3.16. The Morgan fingerprint density at radius 3 is 2.94 bits per heavy atom. The molecular formula is C11H11ClN2O2S2. The normalized spacial score (nSPS) is 30.5. The molecule has 0 bridgehead atoms. The van der Waals surface area contributed by atoms with Crippen molar-refractivity contribution < 1.29 is 9.90 Å². The Morgan fingerprint density at radius 2 is 2.28 bits per heavy atom. The molecule has 1 aromatic rings. The highest BCUT2D eigenvalue weighted by Crippen LogP contribution is 2.75. The molecule has 18 heavy (non-hydrogen) atoms. The summed E-state index contributed by atoms with van der Waals surface area (Å²) in [6.45, 7) is -0.144. The van der Waals surface area contributed by atoms with Crippen LogP contribution in [0.1, 0.15) is 23.6 Å². The molecule has 1 aliphatic heterocycles. The van der Waals surface area contributed by atoms with Gasteiger partial charge in [0.05, 0.1) is 5.69 Å². The van der Waals surface area contributed by atoms with Crippen LogP contribution in [0.5, 0.6) is 0 Å². The average molecular weight is 303 g/mol. The van der Waals surface area contributed by atoms with Crippen LogP contribution in [0.4, 0.5) is 0 Å². The first-order valence-corrected chi connectivity index (χ1v) is 8.25. The Labute approximate surface area is 117 Å². The molecule has 3 aliphatic rings. The number of hydrogen-bond acceptors (Lipinski definition) is 4. The van der Waals surface area contributed by atoms with E-state index in [9.17, 15) is 4.79 Å². The molecule has 1 N–H and O–H groups in total. The van der Waals surface area contributed by atoms with E-state index in [0.717, 1.165) is 22.8 Å². The summed E-state index contributed by atoms with van der Waals surface area (Å²) in [5.41, 5.74) is 2.19. The molecule has 2 fully saturated rings. The maximum atomic E-state index is 10.8. The van der Waals surface area contributed by atoms with Crippen LogP contribution in [-0.4, -0.2) is 32.4 Å². The predicted molar refractivity (Wildman–Crippen MR) is 72.3 cm³/mol. The molecule has 0 radical (unpaired) electrons. The quantitative estimate of drug-likeness (QED) is 0.909. The standard InChI is InChI=1S/C11H11ClN2O2S2/c12-10-8-5-3-6(5)11(17-1-2-18-11)9(8)13-14(10)4-7(15)16/h5-6H,1-4H2,(H,15,16)/t5-,6?/m0/s1. The van der Waals surface area contributed by atoms with Crippen molar-refractivity contribution in [2.45, 2.75) is 23.0 Å². The number of aliphatic carboxylic acids is 1. The summed E-state index contributed by atoms with van der Waals surface area (Å²) in [6.07, 6.45) is 1.19. The number of rotatable bonds is 2. The van der Waals surface area contributed by atoms with Gasteiger partial charge < -0.3 is 5.11 Å². The van der Waals surface area contributed by atoms with Gasteiger partial charge in [-0.15, -0.1) is 23.5 Å². The van der Waals surface area contributed by atoms with Gasteiger partial charge in [0.2, 0.25) is 0 Å². The Morgan fingerprint density at radius 1 is 1.56 bits per heavy atom. The zero-order valence-electron chi connectivity index (χ0n) is 9.43. The summed E-state index contributed by atoms with van der Waals surface area (Å²) in [7, 11) is 0. The molecule has 7 heteroatoms. The third-order valence-corrected chi connectivity index (χ3v) is 7.94. The van der Waals surface area contributed by atoms with Gasteiger partial charge in [0.1, 0.15) is 15.8 Å². The SMILES string of the molecule is O=C(O)Cn1nc2c(c1Cl)[C@H]1CC1C21SCCS1. The van der Waals surface area contributed by atoms with Crippen LogP contribution >= 0.6 is 35.1 Å². The predicted octanol–water partition coefficient (Wildman–Crippen LogP) is 2.37. The fraction of sp³-hybridized carbons (Fsp3) is 0.636. The summed E-state index contributed by atoms with van der Waals surface area (Å²) in [5.74, 6) is 2.59. The van der Waals surface area contributed by atoms with Gasteiger partial charge >= 0.3 is 5.97 Å². The van der Waals surface area contributed by atoms with E-state index in [1.165, 1.54) is 11.1 Å². The summed E-state index contributed by atoms with van der Waals surface area (Å²) in [6, 6.07) is 0. The van der Waals surface area contributed by atoms with E-state index in [0.29, 0.717) is 17.0 Å². The minimum atomic E-state index is -0.897. The molecule has 0 aromatic carbocycles. The first-order valence-electron chi connectivity index (χ1n) is 5.90. The smallest absolute Gasteiger partial charge is 0.325 e. The molecule has 1 spiro atoms. The molecule has 2 atom stereocenters. The topological polar surface area (TPSA) is 55.1 Å². The zero-order chi connectivity index (χ0) is 12.5. The lowest BCUT2D eigenvalue weighted by molar-refractivity contribution is -0.137. The van der Waals surface area contributed by atoms with Crippen molar-refractivity contribution >= 4 is 41.1 Å². The number of fused-ring (bicyclic) bond motifs is 5. The van der Waals surface area contributed by atoms with Gasteiger partial charge in [-0.25, -0.2) is 4.68 Å². The number of hydrogen-bond donors (Lipinski definition) is 1. The van der Waals surface area contributed by atoms with E-state index >= 15 is 0 Å². The second-order valence-electron chi connectivity index (χ2n) is 4.92. The second-order valence-corrected chi connectivity index (χ2v) is 8.22. The van der Waals surface area contributed by atoms with E-state index in [1.54, 1.807) is 0 Å². The maximum absolute atomic E-state index is 10.8. The summed E-state index contributed by atoms with van der Waals surface area (Å²) >= 11 is 10.2.